The Bertz CT molecular complexity index is 2640. The SMILES string of the molecule is c1ccc2c(c1)oc1cc(N(c3ccc4c(ccc5cc(C6CCCCC6)ccc54)c3)c3cccc4sc5ccccc5c34)ccc12. The fourth-order valence-electron chi connectivity index (χ4n) is 8.13. The van der Waals surface area contributed by atoms with Gasteiger partial charge in [0.15, 0.2) is 0 Å². The number of hydrogen-bond acceptors (Lipinski definition) is 3. The van der Waals surface area contributed by atoms with Crippen LogP contribution in [0.2, 0.25) is 0 Å². The van der Waals surface area contributed by atoms with E-state index in [1.54, 1.807) is 0 Å². The van der Waals surface area contributed by atoms with E-state index in [2.05, 4.69) is 132 Å². The molecule has 7 aromatic carbocycles. The molecule has 2 aromatic heterocycles. The van der Waals surface area contributed by atoms with Crippen LogP contribution in [0.25, 0.3) is 63.7 Å². The highest BCUT2D eigenvalue weighted by molar-refractivity contribution is 7.26. The second-order valence-electron chi connectivity index (χ2n) is 13.1. The number of anilines is 3. The predicted octanol–water partition coefficient (Wildman–Crippen LogP) is 13.8. The molecule has 0 saturated heterocycles. The lowest BCUT2D eigenvalue weighted by atomic mass is 9.83. The van der Waals surface area contributed by atoms with Crippen molar-refractivity contribution in [3.05, 3.63) is 139 Å². The molecule has 0 spiro atoms. The number of benzene rings is 7. The average Bonchev–Trinajstić information content (AvgIpc) is 3.70. The molecule has 10 rings (SSSR count). The van der Waals surface area contributed by atoms with Gasteiger partial charge in [0, 0.05) is 48.4 Å². The van der Waals surface area contributed by atoms with E-state index in [-0.39, 0.29) is 0 Å². The minimum absolute atomic E-state index is 0.708. The number of para-hydroxylation sites is 1. The minimum atomic E-state index is 0.708. The molecular formula is C44H33NOS. The predicted molar refractivity (Wildman–Crippen MR) is 202 cm³/mol. The van der Waals surface area contributed by atoms with E-state index in [4.69, 9.17) is 4.42 Å². The smallest absolute Gasteiger partial charge is 0.137 e. The summed E-state index contributed by atoms with van der Waals surface area (Å²) < 4.78 is 9.00. The molecule has 9 aromatic rings. The molecule has 1 aliphatic rings. The highest BCUT2D eigenvalue weighted by Crippen LogP contribution is 2.46. The van der Waals surface area contributed by atoms with Crippen LogP contribution in [0.3, 0.4) is 0 Å². The fraction of sp³-hybridized carbons (Fsp3) is 0.136. The van der Waals surface area contributed by atoms with Crippen molar-refractivity contribution >= 4 is 92.1 Å². The first-order valence-electron chi connectivity index (χ1n) is 16.9. The highest BCUT2D eigenvalue weighted by atomic mass is 32.1. The Hall–Kier alpha value is -5.12. The van der Waals surface area contributed by atoms with Gasteiger partial charge in [0.1, 0.15) is 11.2 Å². The average molecular weight is 624 g/mol. The summed E-state index contributed by atoms with van der Waals surface area (Å²) in [6, 6.07) is 49.3. The number of fused-ring (bicyclic) bond motifs is 9. The Kier molecular flexibility index (Phi) is 6.17. The van der Waals surface area contributed by atoms with Crippen LogP contribution in [-0.2, 0) is 0 Å². The second kappa shape index (κ2) is 10.7. The van der Waals surface area contributed by atoms with Crippen molar-refractivity contribution in [2.45, 2.75) is 38.0 Å². The van der Waals surface area contributed by atoms with Gasteiger partial charge in [0.05, 0.1) is 5.69 Å². The normalized spacial score (nSPS) is 14.3. The number of hydrogen-bond donors (Lipinski definition) is 0. The second-order valence-corrected chi connectivity index (χ2v) is 14.2. The van der Waals surface area contributed by atoms with Gasteiger partial charge < -0.3 is 9.32 Å². The van der Waals surface area contributed by atoms with Crippen molar-refractivity contribution in [3.8, 4) is 0 Å². The summed E-state index contributed by atoms with van der Waals surface area (Å²) in [4.78, 5) is 2.42. The largest absolute Gasteiger partial charge is 0.456 e. The zero-order chi connectivity index (χ0) is 30.9. The van der Waals surface area contributed by atoms with E-state index in [0.29, 0.717) is 5.92 Å². The molecule has 0 N–H and O–H groups in total. The zero-order valence-electron chi connectivity index (χ0n) is 26.1. The third kappa shape index (κ3) is 4.37. The molecule has 226 valence electrons. The summed E-state index contributed by atoms with van der Waals surface area (Å²) in [5.41, 5.74) is 6.72. The number of rotatable bonds is 4. The molecule has 47 heavy (non-hydrogen) atoms. The number of nitrogens with zero attached hydrogens (tertiary/aromatic N) is 1. The fourth-order valence-corrected chi connectivity index (χ4v) is 9.26. The Balaban J connectivity index is 1.17. The van der Waals surface area contributed by atoms with Gasteiger partial charge in [-0.25, -0.2) is 0 Å². The quantitative estimate of drug-likeness (QED) is 0.181. The maximum absolute atomic E-state index is 6.40. The molecule has 1 aliphatic carbocycles. The van der Waals surface area contributed by atoms with Crippen LogP contribution in [-0.4, -0.2) is 0 Å². The van der Waals surface area contributed by atoms with Crippen LogP contribution in [0.1, 0.15) is 43.6 Å². The monoisotopic (exact) mass is 623 g/mol. The molecule has 0 bridgehead atoms. The van der Waals surface area contributed by atoms with E-state index < -0.39 is 0 Å². The van der Waals surface area contributed by atoms with Crippen LogP contribution in [0, 0.1) is 0 Å². The Morgan fingerprint density at radius 1 is 0.511 bits per heavy atom. The minimum Gasteiger partial charge on any atom is -0.456 e. The van der Waals surface area contributed by atoms with E-state index in [9.17, 15) is 0 Å². The summed E-state index contributed by atoms with van der Waals surface area (Å²) in [6.45, 7) is 0. The summed E-state index contributed by atoms with van der Waals surface area (Å²) in [7, 11) is 0. The van der Waals surface area contributed by atoms with Crippen molar-refractivity contribution in [1.29, 1.82) is 0 Å². The zero-order valence-corrected chi connectivity index (χ0v) is 26.9. The van der Waals surface area contributed by atoms with Crippen LogP contribution in [0.4, 0.5) is 17.1 Å². The van der Waals surface area contributed by atoms with Gasteiger partial charge in [-0.15, -0.1) is 11.3 Å². The first kappa shape index (κ1) is 27.0. The van der Waals surface area contributed by atoms with Gasteiger partial charge in [-0.1, -0.05) is 98.1 Å². The molecule has 0 amide bonds. The highest BCUT2D eigenvalue weighted by Gasteiger charge is 2.21. The van der Waals surface area contributed by atoms with Crippen LogP contribution < -0.4 is 4.90 Å². The maximum Gasteiger partial charge on any atom is 0.137 e. The topological polar surface area (TPSA) is 16.4 Å². The molecule has 1 fully saturated rings. The summed E-state index contributed by atoms with van der Waals surface area (Å²) in [5, 5.41) is 10.1. The molecule has 2 nitrogen and oxygen atoms in total. The lowest BCUT2D eigenvalue weighted by Gasteiger charge is -2.27. The molecule has 0 atom stereocenters. The summed E-state index contributed by atoms with van der Waals surface area (Å²) in [5.74, 6) is 0.708. The first-order valence-corrected chi connectivity index (χ1v) is 17.7. The van der Waals surface area contributed by atoms with Crippen molar-refractivity contribution in [2.75, 3.05) is 4.90 Å². The standard InChI is InChI=1S/C44H33NOS/c1-2-9-28(10-3-1)29-19-22-34-30(25-29)17-18-31-26-32(20-23-35(31)34)45(33-21-24-37-36-11-4-6-14-40(36)46-41(37)27-33)39-13-8-16-43-44(39)38-12-5-7-15-42(38)47-43/h4-8,11-28H,1-3,9-10H2. The lowest BCUT2D eigenvalue weighted by Crippen LogP contribution is -2.10. The van der Waals surface area contributed by atoms with E-state index in [1.807, 2.05) is 17.4 Å². The number of thiophene rings is 1. The maximum atomic E-state index is 6.40. The van der Waals surface area contributed by atoms with Crippen LogP contribution in [0.5, 0.6) is 0 Å². The first-order chi connectivity index (χ1) is 23.3. The molecule has 0 unspecified atom stereocenters. The van der Waals surface area contributed by atoms with Gasteiger partial charge in [-0.05, 0) is 94.4 Å². The summed E-state index contributed by atoms with van der Waals surface area (Å²) >= 11 is 1.86. The van der Waals surface area contributed by atoms with E-state index in [1.165, 1.54) is 85.1 Å². The van der Waals surface area contributed by atoms with Gasteiger partial charge in [-0.3, -0.25) is 0 Å². The third-order valence-corrected chi connectivity index (χ3v) is 11.6. The van der Waals surface area contributed by atoms with E-state index in [0.717, 1.165) is 33.3 Å². The molecule has 2 heterocycles. The van der Waals surface area contributed by atoms with Gasteiger partial charge >= 0.3 is 0 Å². The third-order valence-electron chi connectivity index (χ3n) is 10.4. The van der Waals surface area contributed by atoms with Gasteiger partial charge in [-0.2, -0.15) is 0 Å². The molecule has 3 heteroatoms. The van der Waals surface area contributed by atoms with Gasteiger partial charge in [0.25, 0.3) is 0 Å². The number of furan rings is 1. The Morgan fingerprint density at radius 2 is 1.19 bits per heavy atom. The van der Waals surface area contributed by atoms with Crippen molar-refractivity contribution in [3.63, 3.8) is 0 Å². The lowest BCUT2D eigenvalue weighted by molar-refractivity contribution is 0.444. The van der Waals surface area contributed by atoms with Crippen LogP contribution in [0.15, 0.2) is 138 Å². The van der Waals surface area contributed by atoms with Crippen molar-refractivity contribution in [1.82, 2.24) is 0 Å². The van der Waals surface area contributed by atoms with Crippen molar-refractivity contribution < 1.29 is 4.42 Å². The molecule has 0 aliphatic heterocycles. The Morgan fingerprint density at radius 3 is 2.06 bits per heavy atom. The van der Waals surface area contributed by atoms with E-state index >= 15 is 0 Å². The molecular weight excluding hydrogens is 591 g/mol. The Labute approximate surface area is 277 Å². The van der Waals surface area contributed by atoms with Crippen molar-refractivity contribution in [2.24, 2.45) is 0 Å². The van der Waals surface area contributed by atoms with Crippen LogP contribution >= 0.6 is 11.3 Å². The molecule has 1 saturated carbocycles. The summed E-state index contributed by atoms with van der Waals surface area (Å²) in [6.07, 6.45) is 6.75. The molecule has 0 radical (unpaired) electrons. The van der Waals surface area contributed by atoms with Gasteiger partial charge in [0.2, 0.25) is 0 Å².